The maximum atomic E-state index is 13.7. The molecule has 0 aliphatic rings. The van der Waals surface area contributed by atoms with Crippen molar-refractivity contribution in [2.75, 3.05) is 0 Å². The first-order valence-corrected chi connectivity index (χ1v) is 11.6. The van der Waals surface area contributed by atoms with Gasteiger partial charge in [-0.05, 0) is 43.2 Å². The standard InChI is InChI=1S/C28H29N5O/c1-19(20-10-4-3-5-11-20)31-27(34)28(2,16-21-17-29-23-13-7-6-12-22(21)23)30-18-26-32-24-14-8-9-15-25(24)33-26/h3-15,17,19,29-30H,16,18H2,1-2H3,(H,31,34)(H,32,33). The van der Waals surface area contributed by atoms with Gasteiger partial charge in [-0.1, -0.05) is 60.7 Å². The van der Waals surface area contributed by atoms with E-state index in [1.54, 1.807) is 0 Å². The predicted molar refractivity (Wildman–Crippen MR) is 136 cm³/mol. The average molecular weight is 452 g/mol. The van der Waals surface area contributed by atoms with Crippen LogP contribution in [-0.4, -0.2) is 26.4 Å². The van der Waals surface area contributed by atoms with Crippen LogP contribution in [0.15, 0.2) is 85.1 Å². The third-order valence-electron chi connectivity index (χ3n) is 6.45. The fourth-order valence-electron chi connectivity index (χ4n) is 4.43. The molecule has 172 valence electrons. The van der Waals surface area contributed by atoms with Gasteiger partial charge >= 0.3 is 0 Å². The second-order valence-electron chi connectivity index (χ2n) is 9.03. The van der Waals surface area contributed by atoms with Crippen molar-refractivity contribution in [2.24, 2.45) is 0 Å². The van der Waals surface area contributed by atoms with Crippen LogP contribution in [0.4, 0.5) is 0 Å². The van der Waals surface area contributed by atoms with Crippen molar-refractivity contribution >= 4 is 27.8 Å². The van der Waals surface area contributed by atoms with Crippen LogP contribution < -0.4 is 10.6 Å². The highest BCUT2D eigenvalue weighted by Crippen LogP contribution is 2.24. The second-order valence-corrected chi connectivity index (χ2v) is 9.03. The Labute approximate surface area is 198 Å². The van der Waals surface area contributed by atoms with Crippen molar-refractivity contribution in [1.82, 2.24) is 25.6 Å². The normalized spacial score (nSPS) is 14.2. The van der Waals surface area contributed by atoms with Crippen LogP contribution in [-0.2, 0) is 17.8 Å². The number of imidazole rings is 1. The number of rotatable bonds is 8. The minimum atomic E-state index is -0.854. The number of nitrogens with one attached hydrogen (secondary N) is 4. The summed E-state index contributed by atoms with van der Waals surface area (Å²) in [6, 6.07) is 26.0. The van der Waals surface area contributed by atoms with Crippen LogP contribution in [0.5, 0.6) is 0 Å². The third-order valence-corrected chi connectivity index (χ3v) is 6.45. The molecule has 1 amide bonds. The van der Waals surface area contributed by atoms with Gasteiger partial charge in [0.25, 0.3) is 0 Å². The van der Waals surface area contributed by atoms with Crippen LogP contribution in [0.2, 0.25) is 0 Å². The van der Waals surface area contributed by atoms with E-state index >= 15 is 0 Å². The Bertz CT molecular complexity index is 1390. The monoisotopic (exact) mass is 451 g/mol. The molecule has 2 heterocycles. The molecule has 4 N–H and O–H groups in total. The van der Waals surface area contributed by atoms with E-state index in [9.17, 15) is 4.79 Å². The summed E-state index contributed by atoms with van der Waals surface area (Å²) in [7, 11) is 0. The Hall–Kier alpha value is -3.90. The van der Waals surface area contributed by atoms with E-state index in [0.29, 0.717) is 13.0 Å². The van der Waals surface area contributed by atoms with Gasteiger partial charge in [0.2, 0.25) is 5.91 Å². The maximum Gasteiger partial charge on any atom is 0.240 e. The Morgan fingerprint density at radius 1 is 0.971 bits per heavy atom. The average Bonchev–Trinajstić information content (AvgIpc) is 3.47. The fourth-order valence-corrected chi connectivity index (χ4v) is 4.43. The van der Waals surface area contributed by atoms with Crippen molar-refractivity contribution in [1.29, 1.82) is 0 Å². The van der Waals surface area contributed by atoms with E-state index in [4.69, 9.17) is 0 Å². The summed E-state index contributed by atoms with van der Waals surface area (Å²) in [6.07, 6.45) is 2.53. The lowest BCUT2D eigenvalue weighted by Gasteiger charge is -2.31. The molecule has 0 aliphatic heterocycles. The van der Waals surface area contributed by atoms with Gasteiger partial charge in [-0.25, -0.2) is 4.98 Å². The molecular weight excluding hydrogens is 422 g/mol. The Kier molecular flexibility index (Phi) is 5.90. The van der Waals surface area contributed by atoms with Crippen LogP contribution in [0.3, 0.4) is 0 Å². The first-order chi connectivity index (χ1) is 16.5. The number of carbonyl (C=O) groups is 1. The molecule has 2 unspecified atom stereocenters. The fraction of sp³-hybridized carbons (Fsp3) is 0.214. The zero-order valence-electron chi connectivity index (χ0n) is 19.4. The molecule has 34 heavy (non-hydrogen) atoms. The number of amides is 1. The quantitative estimate of drug-likeness (QED) is 0.267. The van der Waals surface area contributed by atoms with Gasteiger partial charge < -0.3 is 15.3 Å². The van der Waals surface area contributed by atoms with Crippen LogP contribution in [0.1, 0.15) is 36.8 Å². The van der Waals surface area contributed by atoms with Gasteiger partial charge in [0.05, 0.1) is 29.2 Å². The maximum absolute atomic E-state index is 13.7. The van der Waals surface area contributed by atoms with Crippen LogP contribution in [0, 0.1) is 0 Å². The molecular formula is C28H29N5O. The molecule has 5 rings (SSSR count). The highest BCUT2D eigenvalue weighted by molar-refractivity contribution is 5.89. The first-order valence-electron chi connectivity index (χ1n) is 11.6. The Balaban J connectivity index is 1.41. The minimum absolute atomic E-state index is 0.0507. The molecule has 6 nitrogen and oxygen atoms in total. The number of aromatic nitrogens is 3. The zero-order chi connectivity index (χ0) is 23.5. The number of H-pyrrole nitrogens is 2. The van der Waals surface area contributed by atoms with Crippen molar-refractivity contribution < 1.29 is 4.79 Å². The van der Waals surface area contributed by atoms with Crippen molar-refractivity contribution in [2.45, 2.75) is 38.4 Å². The summed E-state index contributed by atoms with van der Waals surface area (Å²) in [4.78, 5) is 25.0. The molecule has 2 aromatic heterocycles. The molecule has 3 aromatic carbocycles. The zero-order valence-corrected chi connectivity index (χ0v) is 19.4. The molecule has 0 bridgehead atoms. The molecule has 0 fully saturated rings. The summed E-state index contributed by atoms with van der Waals surface area (Å²) >= 11 is 0. The minimum Gasteiger partial charge on any atom is -0.361 e. The number of para-hydroxylation sites is 3. The number of aromatic amines is 2. The Morgan fingerprint density at radius 3 is 2.47 bits per heavy atom. The molecule has 0 saturated heterocycles. The van der Waals surface area contributed by atoms with Crippen molar-refractivity contribution in [3.8, 4) is 0 Å². The van der Waals surface area contributed by atoms with Gasteiger partial charge in [-0.2, -0.15) is 0 Å². The second kappa shape index (κ2) is 9.15. The highest BCUT2D eigenvalue weighted by atomic mass is 16.2. The lowest BCUT2D eigenvalue weighted by atomic mass is 9.90. The molecule has 0 radical (unpaired) electrons. The topological polar surface area (TPSA) is 85.6 Å². The number of fused-ring (bicyclic) bond motifs is 2. The number of nitrogens with zero attached hydrogens (tertiary/aromatic N) is 1. The summed E-state index contributed by atoms with van der Waals surface area (Å²) < 4.78 is 0. The predicted octanol–water partition coefficient (Wildman–Crippen LogP) is 5.01. The molecule has 5 aromatic rings. The number of benzene rings is 3. The van der Waals surface area contributed by atoms with E-state index < -0.39 is 5.54 Å². The molecule has 0 spiro atoms. The van der Waals surface area contributed by atoms with E-state index in [-0.39, 0.29) is 11.9 Å². The van der Waals surface area contributed by atoms with Crippen LogP contribution in [0.25, 0.3) is 21.9 Å². The largest absolute Gasteiger partial charge is 0.361 e. The SMILES string of the molecule is CC(NC(=O)C(C)(Cc1c[nH]c2ccccc12)NCc1nc2ccccc2[nH]1)c1ccccc1. The lowest BCUT2D eigenvalue weighted by molar-refractivity contribution is -0.127. The van der Waals surface area contributed by atoms with Crippen molar-refractivity contribution in [3.05, 3.63) is 102 Å². The lowest BCUT2D eigenvalue weighted by Crippen LogP contribution is -2.56. The van der Waals surface area contributed by atoms with E-state index in [2.05, 4.69) is 37.7 Å². The van der Waals surface area contributed by atoms with Crippen molar-refractivity contribution in [3.63, 3.8) is 0 Å². The van der Waals surface area contributed by atoms with E-state index in [1.165, 1.54) is 0 Å². The van der Waals surface area contributed by atoms with Gasteiger partial charge in [-0.3, -0.25) is 10.1 Å². The number of hydrogen-bond acceptors (Lipinski definition) is 3. The van der Waals surface area contributed by atoms with Crippen LogP contribution >= 0.6 is 0 Å². The van der Waals surface area contributed by atoms with E-state index in [1.807, 2.05) is 86.8 Å². The van der Waals surface area contributed by atoms with E-state index in [0.717, 1.165) is 38.9 Å². The van der Waals surface area contributed by atoms with Gasteiger partial charge in [-0.15, -0.1) is 0 Å². The van der Waals surface area contributed by atoms with Gasteiger partial charge in [0.15, 0.2) is 0 Å². The third kappa shape index (κ3) is 4.45. The Morgan fingerprint density at radius 2 is 1.68 bits per heavy atom. The smallest absolute Gasteiger partial charge is 0.240 e. The van der Waals surface area contributed by atoms with Gasteiger partial charge in [0, 0.05) is 23.5 Å². The summed E-state index contributed by atoms with van der Waals surface area (Å²) in [5.74, 6) is 0.750. The molecule has 6 heteroatoms. The summed E-state index contributed by atoms with van der Waals surface area (Å²) in [5, 5.41) is 7.86. The summed E-state index contributed by atoms with van der Waals surface area (Å²) in [6.45, 7) is 4.42. The summed E-state index contributed by atoms with van der Waals surface area (Å²) in [5.41, 5.74) is 4.28. The number of hydrogen-bond donors (Lipinski definition) is 4. The molecule has 0 saturated carbocycles. The molecule has 2 atom stereocenters. The molecule has 0 aliphatic carbocycles. The van der Waals surface area contributed by atoms with Gasteiger partial charge in [0.1, 0.15) is 5.82 Å². The highest BCUT2D eigenvalue weighted by Gasteiger charge is 2.35. The number of carbonyl (C=O) groups excluding carboxylic acids is 1. The first kappa shape index (κ1) is 21.9.